The van der Waals surface area contributed by atoms with Gasteiger partial charge in [-0.05, 0) is 11.6 Å². The summed E-state index contributed by atoms with van der Waals surface area (Å²) in [7, 11) is 0. The normalized spacial score (nSPS) is 19.0. The van der Waals surface area contributed by atoms with E-state index in [1.165, 1.54) is 11.8 Å². The summed E-state index contributed by atoms with van der Waals surface area (Å²) in [4.78, 5) is 12.1. The Bertz CT molecular complexity index is 442. The zero-order valence-corrected chi connectivity index (χ0v) is 9.35. The summed E-state index contributed by atoms with van der Waals surface area (Å²) in [5.41, 5.74) is 0.964. The summed E-state index contributed by atoms with van der Waals surface area (Å²) >= 11 is 6.13. The van der Waals surface area contributed by atoms with Gasteiger partial charge in [0, 0.05) is 0 Å². The van der Waals surface area contributed by atoms with E-state index >= 15 is 0 Å². The van der Waals surface area contributed by atoms with Gasteiger partial charge in [0.05, 0.1) is 4.91 Å². The number of carbonyl (C=O) groups is 1. The second-order valence-corrected chi connectivity index (χ2v) is 4.64. The van der Waals surface area contributed by atoms with Crippen LogP contribution in [0.4, 0.5) is 0 Å². The number of hydrazine groups is 1. The number of thioether (sulfide) groups is 1. The van der Waals surface area contributed by atoms with Crippen LogP contribution in [0.5, 0.6) is 0 Å². The van der Waals surface area contributed by atoms with Crippen LogP contribution in [-0.2, 0) is 4.79 Å². The highest BCUT2D eigenvalue weighted by Crippen LogP contribution is 2.30. The van der Waals surface area contributed by atoms with E-state index in [0.717, 1.165) is 10.6 Å². The van der Waals surface area contributed by atoms with Gasteiger partial charge in [-0.3, -0.25) is 4.79 Å². The van der Waals surface area contributed by atoms with Crippen molar-refractivity contribution in [3.63, 3.8) is 0 Å². The van der Waals surface area contributed by atoms with E-state index < -0.39 is 0 Å². The van der Waals surface area contributed by atoms with Gasteiger partial charge >= 0.3 is 0 Å². The summed E-state index contributed by atoms with van der Waals surface area (Å²) < 4.78 is 0.391. The molecule has 1 aliphatic heterocycles. The standard InChI is InChI=1S/C10H8N2OS2/c11-12-9(13)8(15-10(12)14)6-7-4-2-1-3-5-7/h1-6H,11H2/b8-6+. The van der Waals surface area contributed by atoms with Crippen LogP contribution in [0.2, 0.25) is 0 Å². The molecule has 1 fully saturated rings. The second-order valence-electron chi connectivity index (χ2n) is 2.96. The highest BCUT2D eigenvalue weighted by molar-refractivity contribution is 8.26. The van der Waals surface area contributed by atoms with Gasteiger partial charge in [0.1, 0.15) is 0 Å². The van der Waals surface area contributed by atoms with Gasteiger partial charge in [-0.15, -0.1) is 0 Å². The lowest BCUT2D eigenvalue weighted by Crippen LogP contribution is -2.34. The number of hydrogen-bond donors (Lipinski definition) is 1. The molecule has 3 nitrogen and oxygen atoms in total. The molecule has 1 aliphatic rings. The van der Waals surface area contributed by atoms with E-state index in [0.29, 0.717) is 9.23 Å². The first-order valence-corrected chi connectivity index (χ1v) is 5.48. The maximum Gasteiger partial charge on any atom is 0.280 e. The van der Waals surface area contributed by atoms with Crippen LogP contribution in [0.1, 0.15) is 5.56 Å². The van der Waals surface area contributed by atoms with E-state index in [-0.39, 0.29) is 5.91 Å². The van der Waals surface area contributed by atoms with E-state index in [2.05, 4.69) is 0 Å². The SMILES string of the molecule is NN1C(=O)/C(=C\c2ccccc2)SC1=S. The van der Waals surface area contributed by atoms with Crippen LogP contribution in [0.3, 0.4) is 0 Å². The Morgan fingerprint density at radius 3 is 2.53 bits per heavy atom. The molecule has 76 valence electrons. The maximum atomic E-state index is 11.5. The Balaban J connectivity index is 2.30. The summed E-state index contributed by atoms with van der Waals surface area (Å²) in [5.74, 6) is 5.20. The molecule has 1 aromatic carbocycles. The number of nitrogens with zero attached hydrogens (tertiary/aromatic N) is 1. The van der Waals surface area contributed by atoms with Crippen LogP contribution in [-0.4, -0.2) is 15.2 Å². The molecule has 0 saturated carbocycles. The summed E-state index contributed by atoms with van der Waals surface area (Å²) in [6.45, 7) is 0. The molecule has 0 bridgehead atoms. The highest BCUT2D eigenvalue weighted by atomic mass is 32.2. The number of rotatable bonds is 1. The molecule has 0 radical (unpaired) electrons. The van der Waals surface area contributed by atoms with Crippen LogP contribution in [0.15, 0.2) is 35.2 Å². The fourth-order valence-electron chi connectivity index (χ4n) is 1.18. The monoisotopic (exact) mass is 236 g/mol. The fraction of sp³-hybridized carbons (Fsp3) is 0. The van der Waals surface area contributed by atoms with E-state index in [4.69, 9.17) is 18.1 Å². The third kappa shape index (κ3) is 2.09. The van der Waals surface area contributed by atoms with Crippen molar-refractivity contribution in [1.82, 2.24) is 5.01 Å². The minimum absolute atomic E-state index is 0.242. The average molecular weight is 236 g/mol. The van der Waals surface area contributed by atoms with Crippen molar-refractivity contribution in [2.24, 2.45) is 5.84 Å². The Labute approximate surface area is 96.9 Å². The van der Waals surface area contributed by atoms with Gasteiger partial charge in [0.25, 0.3) is 5.91 Å². The van der Waals surface area contributed by atoms with Crippen molar-refractivity contribution in [3.8, 4) is 0 Å². The Kier molecular flexibility index (Phi) is 2.86. The molecule has 1 aromatic rings. The van der Waals surface area contributed by atoms with Crippen molar-refractivity contribution in [1.29, 1.82) is 0 Å². The Hall–Kier alpha value is -1.17. The molecule has 15 heavy (non-hydrogen) atoms. The minimum Gasteiger partial charge on any atom is -0.267 e. The molecular weight excluding hydrogens is 228 g/mol. The molecule has 1 heterocycles. The summed E-state index contributed by atoms with van der Waals surface area (Å²) in [6.07, 6.45) is 1.78. The predicted molar refractivity (Wildman–Crippen MR) is 65.6 cm³/mol. The second kappa shape index (κ2) is 4.14. The van der Waals surface area contributed by atoms with Gasteiger partial charge in [0.15, 0.2) is 4.32 Å². The zero-order chi connectivity index (χ0) is 10.8. The van der Waals surface area contributed by atoms with Gasteiger partial charge in [0.2, 0.25) is 0 Å². The first kappa shape index (κ1) is 10.4. The van der Waals surface area contributed by atoms with Crippen molar-refractivity contribution in [3.05, 3.63) is 40.8 Å². The molecule has 1 amide bonds. The molecule has 0 aromatic heterocycles. The van der Waals surface area contributed by atoms with Crippen molar-refractivity contribution in [2.75, 3.05) is 0 Å². The van der Waals surface area contributed by atoms with Crippen LogP contribution in [0, 0.1) is 0 Å². The lowest BCUT2D eigenvalue weighted by Gasteiger charge is -2.02. The molecule has 0 unspecified atom stereocenters. The number of amides is 1. The molecule has 2 N–H and O–H groups in total. The third-order valence-corrected chi connectivity index (χ3v) is 3.25. The molecule has 0 aliphatic carbocycles. The highest BCUT2D eigenvalue weighted by Gasteiger charge is 2.29. The van der Waals surface area contributed by atoms with E-state index in [9.17, 15) is 4.79 Å². The van der Waals surface area contributed by atoms with Crippen LogP contribution in [0.25, 0.3) is 6.08 Å². The molecule has 5 heteroatoms. The van der Waals surface area contributed by atoms with E-state index in [1.807, 2.05) is 30.3 Å². The molecule has 1 saturated heterocycles. The van der Waals surface area contributed by atoms with Crippen LogP contribution < -0.4 is 5.84 Å². The number of carbonyl (C=O) groups excluding carboxylic acids is 1. The molecule has 2 rings (SSSR count). The fourth-order valence-corrected chi connectivity index (χ4v) is 2.28. The van der Waals surface area contributed by atoms with Crippen molar-refractivity contribution < 1.29 is 4.79 Å². The van der Waals surface area contributed by atoms with Gasteiger partial charge in [-0.1, -0.05) is 54.3 Å². The third-order valence-electron chi connectivity index (χ3n) is 1.92. The Morgan fingerprint density at radius 2 is 2.00 bits per heavy atom. The predicted octanol–water partition coefficient (Wildman–Crippen LogP) is 1.76. The molecular formula is C10H8N2OS2. The quantitative estimate of drug-likeness (QED) is 0.349. The van der Waals surface area contributed by atoms with Crippen LogP contribution >= 0.6 is 24.0 Å². The van der Waals surface area contributed by atoms with Crippen molar-refractivity contribution in [2.45, 2.75) is 0 Å². The molecule has 0 atom stereocenters. The minimum atomic E-state index is -0.242. The number of nitrogens with two attached hydrogens (primary N) is 1. The Morgan fingerprint density at radius 1 is 1.33 bits per heavy atom. The number of thiocarbonyl (C=S) groups is 1. The van der Waals surface area contributed by atoms with E-state index in [1.54, 1.807) is 6.08 Å². The van der Waals surface area contributed by atoms with Gasteiger partial charge < -0.3 is 0 Å². The number of hydrogen-bond acceptors (Lipinski definition) is 4. The lowest BCUT2D eigenvalue weighted by atomic mass is 10.2. The summed E-state index contributed by atoms with van der Waals surface area (Å²) in [5, 5.41) is 0.995. The topological polar surface area (TPSA) is 46.3 Å². The van der Waals surface area contributed by atoms with Crippen molar-refractivity contribution >= 4 is 40.3 Å². The first-order chi connectivity index (χ1) is 7.18. The largest absolute Gasteiger partial charge is 0.280 e. The first-order valence-electron chi connectivity index (χ1n) is 4.26. The number of benzene rings is 1. The van der Waals surface area contributed by atoms with Gasteiger partial charge in [-0.2, -0.15) is 0 Å². The average Bonchev–Trinajstić information content (AvgIpc) is 2.48. The zero-order valence-electron chi connectivity index (χ0n) is 7.71. The van der Waals surface area contributed by atoms with Gasteiger partial charge in [-0.25, -0.2) is 10.9 Å². The molecule has 0 spiro atoms. The lowest BCUT2D eigenvalue weighted by molar-refractivity contribution is -0.122. The smallest absolute Gasteiger partial charge is 0.267 e. The summed E-state index contributed by atoms with van der Waals surface area (Å²) in [6, 6.07) is 9.58. The maximum absolute atomic E-state index is 11.5.